The molecule has 1 heterocycles. The summed E-state index contributed by atoms with van der Waals surface area (Å²) in [6.45, 7) is 3.64. The number of aryl methyl sites for hydroxylation is 1. The van der Waals surface area contributed by atoms with Crippen LogP contribution in [0.4, 0.5) is 0 Å². The molecule has 6 heteroatoms. The summed E-state index contributed by atoms with van der Waals surface area (Å²) in [6, 6.07) is -0.925. The fourth-order valence-corrected chi connectivity index (χ4v) is 1.21. The third kappa shape index (κ3) is 2.27. The first-order chi connectivity index (χ1) is 7.11. The zero-order valence-electron chi connectivity index (χ0n) is 8.94. The quantitative estimate of drug-likeness (QED) is 0.736. The van der Waals surface area contributed by atoms with Gasteiger partial charge in [0.1, 0.15) is 11.8 Å². The minimum absolute atomic E-state index is 0.216. The van der Waals surface area contributed by atoms with Gasteiger partial charge < -0.3 is 19.7 Å². The number of carbonyl (C=O) groups is 1. The first-order valence-corrected chi connectivity index (χ1v) is 4.54. The number of rotatable bonds is 4. The number of carbonyl (C=O) groups excluding carboxylic acids is 1. The average molecular weight is 214 g/mol. The van der Waals surface area contributed by atoms with Gasteiger partial charge in [-0.3, -0.25) is 0 Å². The van der Waals surface area contributed by atoms with Crippen molar-refractivity contribution in [2.24, 2.45) is 5.73 Å². The second-order valence-electron chi connectivity index (χ2n) is 2.89. The molecule has 0 bridgehead atoms. The second-order valence-corrected chi connectivity index (χ2v) is 2.89. The van der Waals surface area contributed by atoms with E-state index in [4.69, 9.17) is 19.7 Å². The van der Waals surface area contributed by atoms with Crippen LogP contribution in [-0.2, 0) is 9.53 Å². The summed E-state index contributed by atoms with van der Waals surface area (Å²) in [6.07, 6.45) is 0. The molecule has 0 saturated heterocycles. The molecule has 1 unspecified atom stereocenters. The molecule has 1 rings (SSSR count). The molecule has 1 aromatic rings. The van der Waals surface area contributed by atoms with Crippen LogP contribution < -0.4 is 10.5 Å². The molecule has 0 radical (unpaired) electrons. The number of hydrogen-bond donors (Lipinski definition) is 1. The summed E-state index contributed by atoms with van der Waals surface area (Å²) >= 11 is 0. The summed E-state index contributed by atoms with van der Waals surface area (Å²) in [5.74, 6) is 0.141. The van der Waals surface area contributed by atoms with Crippen LogP contribution in [0.5, 0.6) is 5.88 Å². The maximum atomic E-state index is 11.4. The minimum atomic E-state index is -0.925. The van der Waals surface area contributed by atoms with E-state index in [0.717, 1.165) is 0 Å². The Balaban J connectivity index is 2.93. The maximum Gasteiger partial charge on any atom is 0.327 e. The molecule has 0 aliphatic heterocycles. The maximum absolute atomic E-state index is 11.4. The van der Waals surface area contributed by atoms with Crippen LogP contribution in [0.1, 0.15) is 24.3 Å². The second kappa shape index (κ2) is 4.79. The van der Waals surface area contributed by atoms with E-state index in [0.29, 0.717) is 11.3 Å². The van der Waals surface area contributed by atoms with Crippen molar-refractivity contribution in [1.29, 1.82) is 0 Å². The predicted molar refractivity (Wildman–Crippen MR) is 51.4 cm³/mol. The van der Waals surface area contributed by atoms with Gasteiger partial charge in [-0.15, -0.1) is 0 Å². The van der Waals surface area contributed by atoms with Crippen molar-refractivity contribution in [2.75, 3.05) is 13.7 Å². The highest BCUT2D eigenvalue weighted by Gasteiger charge is 2.27. The Labute approximate surface area is 87.3 Å². The summed E-state index contributed by atoms with van der Waals surface area (Å²) in [5, 5.41) is 3.61. The van der Waals surface area contributed by atoms with Crippen molar-refractivity contribution in [3.05, 3.63) is 11.3 Å². The van der Waals surface area contributed by atoms with Crippen molar-refractivity contribution < 1.29 is 18.8 Å². The highest BCUT2D eigenvalue weighted by atomic mass is 16.5. The van der Waals surface area contributed by atoms with Crippen molar-refractivity contribution in [3.8, 4) is 5.88 Å². The molecule has 0 spiro atoms. The highest BCUT2D eigenvalue weighted by molar-refractivity contribution is 5.78. The average Bonchev–Trinajstić information content (AvgIpc) is 2.58. The van der Waals surface area contributed by atoms with Gasteiger partial charge in [-0.25, -0.2) is 4.79 Å². The van der Waals surface area contributed by atoms with Crippen LogP contribution in [0.15, 0.2) is 4.52 Å². The topological polar surface area (TPSA) is 87.6 Å². The van der Waals surface area contributed by atoms with Gasteiger partial charge in [-0.2, -0.15) is 0 Å². The molecule has 2 N–H and O–H groups in total. The van der Waals surface area contributed by atoms with Crippen molar-refractivity contribution >= 4 is 5.97 Å². The molecule has 6 nitrogen and oxygen atoms in total. The molecule has 15 heavy (non-hydrogen) atoms. The summed E-state index contributed by atoms with van der Waals surface area (Å²) < 4.78 is 14.6. The minimum Gasteiger partial charge on any atom is -0.479 e. The van der Waals surface area contributed by atoms with Crippen molar-refractivity contribution in [2.45, 2.75) is 19.9 Å². The van der Waals surface area contributed by atoms with Crippen molar-refractivity contribution in [1.82, 2.24) is 5.16 Å². The first kappa shape index (κ1) is 11.5. The Morgan fingerprint density at radius 3 is 2.87 bits per heavy atom. The molecule has 0 aliphatic rings. The van der Waals surface area contributed by atoms with Gasteiger partial charge in [0.25, 0.3) is 5.88 Å². The number of nitrogens with two attached hydrogens (primary N) is 1. The Bertz CT molecular complexity index is 348. The largest absolute Gasteiger partial charge is 0.479 e. The van der Waals surface area contributed by atoms with E-state index in [1.807, 2.05) is 0 Å². The van der Waals surface area contributed by atoms with Crippen LogP contribution in [-0.4, -0.2) is 24.8 Å². The molecule has 84 valence electrons. The van der Waals surface area contributed by atoms with E-state index < -0.39 is 12.0 Å². The van der Waals surface area contributed by atoms with Gasteiger partial charge in [-0.05, 0) is 19.0 Å². The van der Waals surface area contributed by atoms with Gasteiger partial charge in [-0.1, -0.05) is 0 Å². The van der Waals surface area contributed by atoms with Gasteiger partial charge in [0, 0.05) is 0 Å². The molecule has 0 amide bonds. The molecule has 0 aliphatic carbocycles. The smallest absolute Gasteiger partial charge is 0.327 e. The summed E-state index contributed by atoms with van der Waals surface area (Å²) in [4.78, 5) is 11.4. The van der Waals surface area contributed by atoms with E-state index in [-0.39, 0.29) is 12.5 Å². The van der Waals surface area contributed by atoms with E-state index in [9.17, 15) is 4.79 Å². The number of nitrogens with zero attached hydrogens (tertiary/aromatic N) is 1. The summed E-state index contributed by atoms with van der Waals surface area (Å²) in [7, 11) is 1.43. The Kier molecular flexibility index (Phi) is 3.68. The van der Waals surface area contributed by atoms with Crippen LogP contribution in [0.25, 0.3) is 0 Å². The summed E-state index contributed by atoms with van der Waals surface area (Å²) in [5.41, 5.74) is 6.12. The normalized spacial score (nSPS) is 12.3. The lowest BCUT2D eigenvalue weighted by Crippen LogP contribution is -2.24. The molecule has 0 fully saturated rings. The van der Waals surface area contributed by atoms with Crippen LogP contribution >= 0.6 is 0 Å². The number of ether oxygens (including phenoxy) is 2. The van der Waals surface area contributed by atoms with Crippen LogP contribution in [0.3, 0.4) is 0 Å². The monoisotopic (exact) mass is 214 g/mol. The fourth-order valence-electron chi connectivity index (χ4n) is 1.21. The Morgan fingerprint density at radius 1 is 1.67 bits per heavy atom. The number of esters is 1. The van der Waals surface area contributed by atoms with Gasteiger partial charge in [0.05, 0.1) is 19.3 Å². The lowest BCUT2D eigenvalue weighted by Gasteiger charge is -2.09. The van der Waals surface area contributed by atoms with E-state index in [2.05, 4.69) is 5.16 Å². The highest BCUT2D eigenvalue weighted by Crippen LogP contribution is 2.26. The number of hydrogen-bond acceptors (Lipinski definition) is 6. The molecule has 1 atom stereocenters. The molecule has 1 aromatic heterocycles. The van der Waals surface area contributed by atoms with Gasteiger partial charge >= 0.3 is 5.97 Å². The fraction of sp³-hybridized carbons (Fsp3) is 0.556. The molecule has 0 aromatic carbocycles. The van der Waals surface area contributed by atoms with E-state index in [1.165, 1.54) is 7.11 Å². The van der Waals surface area contributed by atoms with Gasteiger partial charge in [0.15, 0.2) is 0 Å². The molecular formula is C9H14N2O4. The standard InChI is InChI=1S/C9H14N2O4/c1-4-14-9(12)7(10)6-5(2)15-11-8(6)13-3/h7H,4,10H2,1-3H3. The van der Waals surface area contributed by atoms with Crippen LogP contribution in [0, 0.1) is 6.92 Å². The zero-order chi connectivity index (χ0) is 11.4. The van der Waals surface area contributed by atoms with E-state index in [1.54, 1.807) is 13.8 Å². The lowest BCUT2D eigenvalue weighted by molar-refractivity contribution is -0.144. The molecular weight excluding hydrogens is 200 g/mol. The zero-order valence-corrected chi connectivity index (χ0v) is 8.94. The van der Waals surface area contributed by atoms with Crippen LogP contribution in [0.2, 0.25) is 0 Å². The Morgan fingerprint density at radius 2 is 2.33 bits per heavy atom. The lowest BCUT2D eigenvalue weighted by atomic mass is 10.1. The third-order valence-electron chi connectivity index (χ3n) is 1.92. The molecule has 0 saturated carbocycles. The van der Waals surface area contributed by atoms with Gasteiger partial charge in [0.2, 0.25) is 0 Å². The number of aromatic nitrogens is 1. The number of methoxy groups -OCH3 is 1. The SMILES string of the molecule is CCOC(=O)C(N)c1c(OC)noc1C. The third-order valence-corrected chi connectivity index (χ3v) is 1.92. The van der Waals surface area contributed by atoms with Crippen molar-refractivity contribution in [3.63, 3.8) is 0 Å². The first-order valence-electron chi connectivity index (χ1n) is 4.54. The predicted octanol–water partition coefficient (Wildman–Crippen LogP) is 0.555. The Hall–Kier alpha value is -1.56. The van der Waals surface area contributed by atoms with E-state index >= 15 is 0 Å².